The van der Waals surface area contributed by atoms with Crippen LogP contribution in [0.25, 0.3) is 38.7 Å². The van der Waals surface area contributed by atoms with E-state index in [2.05, 4.69) is 34.2 Å². The number of benzene rings is 2. The van der Waals surface area contributed by atoms with Gasteiger partial charge >= 0.3 is 0 Å². The van der Waals surface area contributed by atoms with Gasteiger partial charge in [-0.1, -0.05) is 55.5 Å². The van der Waals surface area contributed by atoms with Crippen LogP contribution >= 0.6 is 0 Å². The molecule has 0 fully saturated rings. The van der Waals surface area contributed by atoms with E-state index in [4.69, 9.17) is 5.10 Å². The molecule has 6 rings (SSSR count). The van der Waals surface area contributed by atoms with Gasteiger partial charge in [-0.3, -0.25) is 4.79 Å². The van der Waals surface area contributed by atoms with E-state index in [1.807, 2.05) is 60.9 Å². The van der Waals surface area contributed by atoms with Crippen LogP contribution in [0, 0.1) is 0 Å². The molecule has 0 atom stereocenters. The van der Waals surface area contributed by atoms with Gasteiger partial charge in [0.25, 0.3) is 5.56 Å². The first kappa shape index (κ1) is 19.4. The maximum atomic E-state index is 13.2. The van der Waals surface area contributed by atoms with Crippen molar-refractivity contribution in [2.75, 3.05) is 0 Å². The minimum absolute atomic E-state index is 0.156. The summed E-state index contributed by atoms with van der Waals surface area (Å²) in [6.45, 7) is 2.63. The third-order valence-corrected chi connectivity index (χ3v) is 6.22. The Balaban J connectivity index is 1.42. The molecule has 4 heterocycles. The fraction of sp³-hybridized carbons (Fsp3) is 0.154. The number of aromatic amines is 1. The standard InChI is InChI=1S/C26H22N6O/c1-2-20-23(17-8-4-3-5-9-17)25-29-28-24-22(32(25)30-20)13-15-31(26(24)33)14-12-18-16-27-21-11-7-6-10-19(18)21/h3-11,13,15-16,27H,2,12,14H2,1H3. The topological polar surface area (TPSA) is 80.9 Å². The van der Waals surface area contributed by atoms with Crippen molar-refractivity contribution >= 4 is 27.6 Å². The summed E-state index contributed by atoms with van der Waals surface area (Å²) in [4.78, 5) is 16.5. The van der Waals surface area contributed by atoms with Crippen LogP contribution in [0.2, 0.25) is 0 Å². The second-order valence-electron chi connectivity index (χ2n) is 8.13. The molecule has 162 valence electrons. The number of fused-ring (bicyclic) bond motifs is 4. The summed E-state index contributed by atoms with van der Waals surface area (Å²) in [6.07, 6.45) is 5.35. The second kappa shape index (κ2) is 7.70. The average Bonchev–Trinajstić information content (AvgIpc) is 3.45. The summed E-state index contributed by atoms with van der Waals surface area (Å²) in [7, 11) is 0. The SMILES string of the molecule is CCc1nn2c(nnc3c(=O)n(CCc4c[nH]c5ccccc45)ccc32)c1-c1ccccc1. The van der Waals surface area contributed by atoms with Gasteiger partial charge in [-0.2, -0.15) is 5.10 Å². The first-order valence-corrected chi connectivity index (χ1v) is 11.1. The van der Waals surface area contributed by atoms with Crippen LogP contribution in [0.3, 0.4) is 0 Å². The fourth-order valence-corrected chi connectivity index (χ4v) is 4.53. The second-order valence-corrected chi connectivity index (χ2v) is 8.13. The van der Waals surface area contributed by atoms with Crippen molar-refractivity contribution < 1.29 is 0 Å². The molecule has 33 heavy (non-hydrogen) atoms. The number of nitrogens with one attached hydrogen (secondary N) is 1. The Morgan fingerprint density at radius 3 is 2.64 bits per heavy atom. The lowest BCUT2D eigenvalue weighted by atomic mass is 10.0. The van der Waals surface area contributed by atoms with E-state index in [-0.39, 0.29) is 5.56 Å². The Morgan fingerprint density at radius 2 is 1.79 bits per heavy atom. The maximum absolute atomic E-state index is 13.2. The van der Waals surface area contributed by atoms with Gasteiger partial charge in [-0.25, -0.2) is 4.52 Å². The number of aryl methyl sites for hydroxylation is 3. The van der Waals surface area contributed by atoms with Gasteiger partial charge in [0, 0.05) is 29.8 Å². The molecule has 0 unspecified atom stereocenters. The van der Waals surface area contributed by atoms with E-state index in [0.717, 1.165) is 35.2 Å². The molecule has 1 N–H and O–H groups in total. The van der Waals surface area contributed by atoms with Crippen LogP contribution < -0.4 is 5.56 Å². The van der Waals surface area contributed by atoms with E-state index >= 15 is 0 Å². The first-order valence-electron chi connectivity index (χ1n) is 11.1. The third kappa shape index (κ3) is 3.12. The molecule has 0 radical (unpaired) electrons. The molecule has 0 aliphatic rings. The Labute approximate surface area is 189 Å². The van der Waals surface area contributed by atoms with Crippen LogP contribution in [-0.2, 0) is 19.4 Å². The molecular formula is C26H22N6O. The monoisotopic (exact) mass is 434 g/mol. The van der Waals surface area contributed by atoms with Crippen molar-refractivity contribution in [3.63, 3.8) is 0 Å². The number of hydrogen-bond donors (Lipinski definition) is 1. The fourth-order valence-electron chi connectivity index (χ4n) is 4.53. The third-order valence-electron chi connectivity index (χ3n) is 6.22. The van der Waals surface area contributed by atoms with Crippen molar-refractivity contribution in [2.45, 2.75) is 26.3 Å². The summed E-state index contributed by atoms with van der Waals surface area (Å²) in [5.41, 5.74) is 6.75. The van der Waals surface area contributed by atoms with Crippen molar-refractivity contribution in [1.82, 2.24) is 29.4 Å². The van der Waals surface area contributed by atoms with Crippen LogP contribution in [0.1, 0.15) is 18.2 Å². The van der Waals surface area contributed by atoms with Gasteiger partial charge < -0.3 is 9.55 Å². The minimum atomic E-state index is -0.156. The zero-order chi connectivity index (χ0) is 22.4. The number of H-pyrrole nitrogens is 1. The molecule has 0 aliphatic carbocycles. The van der Waals surface area contributed by atoms with Crippen LogP contribution in [0.4, 0.5) is 0 Å². The summed E-state index contributed by atoms with van der Waals surface area (Å²) >= 11 is 0. The van der Waals surface area contributed by atoms with Crippen molar-refractivity contribution in [1.29, 1.82) is 0 Å². The van der Waals surface area contributed by atoms with Gasteiger partial charge in [-0.15, -0.1) is 10.2 Å². The summed E-state index contributed by atoms with van der Waals surface area (Å²) < 4.78 is 3.46. The Hall–Kier alpha value is -4.26. The van der Waals surface area contributed by atoms with Gasteiger partial charge in [0.1, 0.15) is 5.52 Å². The van der Waals surface area contributed by atoms with Gasteiger partial charge in [0.05, 0.1) is 11.3 Å². The highest BCUT2D eigenvalue weighted by atomic mass is 16.1. The molecule has 7 nitrogen and oxygen atoms in total. The highest BCUT2D eigenvalue weighted by molar-refractivity contribution is 5.85. The first-order chi connectivity index (χ1) is 16.2. The van der Waals surface area contributed by atoms with E-state index in [1.165, 1.54) is 10.9 Å². The van der Waals surface area contributed by atoms with Crippen molar-refractivity contribution in [3.8, 4) is 11.1 Å². The Morgan fingerprint density at radius 1 is 0.970 bits per heavy atom. The van der Waals surface area contributed by atoms with E-state index in [1.54, 1.807) is 9.08 Å². The average molecular weight is 435 g/mol. The minimum Gasteiger partial charge on any atom is -0.361 e. The highest BCUT2D eigenvalue weighted by Crippen LogP contribution is 2.28. The molecule has 4 aromatic heterocycles. The molecule has 0 bridgehead atoms. The maximum Gasteiger partial charge on any atom is 0.280 e. The number of hydrogen-bond acceptors (Lipinski definition) is 4. The van der Waals surface area contributed by atoms with E-state index in [0.29, 0.717) is 23.2 Å². The van der Waals surface area contributed by atoms with Gasteiger partial charge in [-0.05, 0) is 36.1 Å². The van der Waals surface area contributed by atoms with Crippen molar-refractivity contribution in [3.05, 3.63) is 94.7 Å². The predicted molar refractivity (Wildman–Crippen MR) is 129 cm³/mol. The summed E-state index contributed by atoms with van der Waals surface area (Å²) in [6, 6.07) is 20.2. The molecule has 6 aromatic rings. The Kier molecular flexibility index (Phi) is 4.54. The lowest BCUT2D eigenvalue weighted by molar-refractivity contribution is 0.673. The van der Waals surface area contributed by atoms with Crippen LogP contribution in [-0.4, -0.2) is 29.4 Å². The molecule has 0 aliphatic heterocycles. The van der Waals surface area contributed by atoms with Gasteiger partial charge in [0.2, 0.25) is 0 Å². The highest BCUT2D eigenvalue weighted by Gasteiger charge is 2.18. The molecule has 7 heteroatoms. The molecule has 0 spiro atoms. The zero-order valence-electron chi connectivity index (χ0n) is 18.2. The molecule has 0 amide bonds. The Bertz CT molecular complexity index is 1680. The van der Waals surface area contributed by atoms with Gasteiger partial charge in [0.15, 0.2) is 11.2 Å². The molecule has 0 saturated carbocycles. The van der Waals surface area contributed by atoms with E-state index < -0.39 is 0 Å². The van der Waals surface area contributed by atoms with Crippen LogP contribution in [0.15, 0.2) is 77.9 Å². The number of aromatic nitrogens is 6. The number of rotatable bonds is 5. The normalized spacial score (nSPS) is 11.7. The smallest absolute Gasteiger partial charge is 0.280 e. The summed E-state index contributed by atoms with van der Waals surface area (Å²) in [5, 5.41) is 14.8. The largest absolute Gasteiger partial charge is 0.361 e. The quantitative estimate of drug-likeness (QED) is 0.436. The van der Waals surface area contributed by atoms with Crippen LogP contribution in [0.5, 0.6) is 0 Å². The van der Waals surface area contributed by atoms with E-state index in [9.17, 15) is 4.79 Å². The number of nitrogens with zero attached hydrogens (tertiary/aromatic N) is 5. The predicted octanol–water partition coefficient (Wildman–Crippen LogP) is 4.39. The lowest BCUT2D eigenvalue weighted by Gasteiger charge is -2.07. The lowest BCUT2D eigenvalue weighted by Crippen LogP contribution is -2.22. The zero-order valence-corrected chi connectivity index (χ0v) is 18.2. The van der Waals surface area contributed by atoms with Crippen molar-refractivity contribution in [2.24, 2.45) is 0 Å². The molecule has 0 saturated heterocycles. The number of pyridine rings is 1. The molecular weight excluding hydrogens is 412 g/mol. The molecule has 2 aromatic carbocycles. The summed E-state index contributed by atoms with van der Waals surface area (Å²) in [5.74, 6) is 0. The number of para-hydroxylation sites is 1.